The van der Waals surface area contributed by atoms with Crippen LogP contribution in [0.4, 0.5) is 0 Å². The van der Waals surface area contributed by atoms with E-state index >= 15 is 0 Å². The van der Waals surface area contributed by atoms with Crippen molar-refractivity contribution in [3.05, 3.63) is 150 Å². The summed E-state index contributed by atoms with van der Waals surface area (Å²) in [4.78, 5) is 9.52. The van der Waals surface area contributed by atoms with Gasteiger partial charge in [-0.1, -0.05) is 77.2 Å². The molecular formula is C51H48GeIrN2O-2. The molecule has 0 saturated heterocycles. The first-order valence-corrected chi connectivity index (χ1v) is 27.5. The summed E-state index contributed by atoms with van der Waals surface area (Å²) in [5.41, 5.74) is 12.9. The zero-order chi connectivity index (χ0) is 37.4. The molecule has 2 aliphatic rings. The summed E-state index contributed by atoms with van der Waals surface area (Å²) in [5, 5.41) is 4.63. The van der Waals surface area contributed by atoms with Crippen molar-refractivity contribution in [2.24, 2.45) is 5.92 Å². The Kier molecular flexibility index (Phi) is 11.4. The van der Waals surface area contributed by atoms with Crippen LogP contribution in [0.1, 0.15) is 55.2 Å². The molecule has 5 heteroatoms. The summed E-state index contributed by atoms with van der Waals surface area (Å²) in [6, 6.07) is 45.4. The summed E-state index contributed by atoms with van der Waals surface area (Å²) in [6.07, 6.45) is 15.8. The van der Waals surface area contributed by atoms with Crippen LogP contribution in [0.3, 0.4) is 0 Å². The number of furan rings is 1. The van der Waals surface area contributed by atoms with Gasteiger partial charge in [-0.2, -0.15) is 0 Å². The van der Waals surface area contributed by atoms with Crippen LogP contribution in [0, 0.1) is 18.1 Å². The van der Waals surface area contributed by atoms with Crippen molar-refractivity contribution >= 4 is 50.4 Å². The van der Waals surface area contributed by atoms with Gasteiger partial charge in [-0.25, -0.2) is 0 Å². The minimum absolute atomic E-state index is 0. The van der Waals surface area contributed by atoms with E-state index in [1.165, 1.54) is 72.4 Å². The Bertz CT molecular complexity index is 2630. The first-order chi connectivity index (χ1) is 26.9. The van der Waals surface area contributed by atoms with Crippen LogP contribution in [-0.4, -0.2) is 23.2 Å². The van der Waals surface area contributed by atoms with E-state index in [-0.39, 0.29) is 20.1 Å². The Morgan fingerprint density at radius 3 is 2.39 bits per heavy atom. The molecule has 283 valence electrons. The predicted molar refractivity (Wildman–Crippen MR) is 233 cm³/mol. The van der Waals surface area contributed by atoms with Crippen LogP contribution in [0.15, 0.2) is 126 Å². The van der Waals surface area contributed by atoms with E-state index in [0.29, 0.717) is 0 Å². The van der Waals surface area contributed by atoms with Gasteiger partial charge in [-0.15, -0.1) is 12.1 Å². The number of nitrogens with zero attached hydrogens (tertiary/aromatic N) is 2. The monoisotopic (exact) mass is 971 g/mol. The van der Waals surface area contributed by atoms with Gasteiger partial charge in [0.1, 0.15) is 0 Å². The third-order valence-electron chi connectivity index (χ3n) is 11.8. The van der Waals surface area contributed by atoms with E-state index in [4.69, 9.17) is 14.4 Å². The van der Waals surface area contributed by atoms with Gasteiger partial charge in [0.15, 0.2) is 0 Å². The second-order valence-electron chi connectivity index (χ2n) is 16.6. The zero-order valence-corrected chi connectivity index (χ0v) is 37.1. The van der Waals surface area contributed by atoms with E-state index in [9.17, 15) is 0 Å². The van der Waals surface area contributed by atoms with Crippen LogP contribution in [-0.2, 0) is 39.4 Å². The Hall–Kier alpha value is -4.35. The van der Waals surface area contributed by atoms with Gasteiger partial charge >= 0.3 is 137 Å². The van der Waals surface area contributed by atoms with Gasteiger partial charge in [0.2, 0.25) is 0 Å². The average molecular weight is 970 g/mol. The molecule has 1 radical (unpaired) electrons. The van der Waals surface area contributed by atoms with Crippen molar-refractivity contribution in [2.45, 2.75) is 75.1 Å². The van der Waals surface area contributed by atoms with Crippen LogP contribution in [0.5, 0.6) is 0 Å². The van der Waals surface area contributed by atoms with Crippen molar-refractivity contribution in [2.75, 3.05) is 0 Å². The Balaban J connectivity index is 0.000000168. The average Bonchev–Trinajstić information content (AvgIpc) is 3.87. The van der Waals surface area contributed by atoms with Crippen molar-refractivity contribution in [3.8, 4) is 33.6 Å². The first-order valence-electron chi connectivity index (χ1n) is 20.2. The van der Waals surface area contributed by atoms with Gasteiger partial charge in [0, 0.05) is 32.0 Å². The molecule has 0 spiro atoms. The second kappa shape index (κ2) is 16.6. The standard InChI is InChI=1S/C31H22NO.C20H26GeN.Ir/c1-3-9-24-20(6-1)8-5-11-25(24)22-12-14-27-28-18-23(13-15-29(28)33-30(27)19-22)31-26-10-4-2-7-21(26)16-17-32-31;1-21(2,3)19-15-22-20(17-11-5-4-6-12-17)14-18(19)13-16-9-7-8-10-16;/h1,3,5-6,8-9,11-17,19H,2,4,7,10H2;4-6,11,14-16H,7-10,13H2,1-3H3;/q2*-1;. The molecule has 3 nitrogen and oxygen atoms in total. The molecule has 0 atom stereocenters. The SMILES string of the molecule is [CH3][Ge]([CH3])([CH3])[c]1cnc(-c2[c-]cccc2)cc1CC1CCCC1.[Ir].[c-]1c(-c2nccc3c2CCCC3)ccc2oc3cc(-c4cccc5ccccc45)ccc3c12. The van der Waals surface area contributed by atoms with Gasteiger partial charge in [-0.3, -0.25) is 4.98 Å². The van der Waals surface area contributed by atoms with Crippen molar-refractivity contribution in [1.29, 1.82) is 0 Å². The van der Waals surface area contributed by atoms with Crippen LogP contribution >= 0.6 is 0 Å². The summed E-state index contributed by atoms with van der Waals surface area (Å²) >= 11 is -1.87. The zero-order valence-electron chi connectivity index (χ0n) is 32.6. The quantitative estimate of drug-likeness (QED) is 0.123. The largest absolute Gasteiger partial charge is 0.500 e. The van der Waals surface area contributed by atoms with Gasteiger partial charge < -0.3 is 4.42 Å². The number of aryl methyl sites for hydroxylation is 1. The van der Waals surface area contributed by atoms with Gasteiger partial charge in [0.25, 0.3) is 0 Å². The molecule has 0 aliphatic heterocycles. The Labute approximate surface area is 347 Å². The van der Waals surface area contributed by atoms with Crippen molar-refractivity contribution in [1.82, 2.24) is 9.97 Å². The van der Waals surface area contributed by atoms with Crippen LogP contribution in [0.2, 0.25) is 17.3 Å². The normalized spacial score (nSPS) is 14.3. The van der Waals surface area contributed by atoms with Crippen molar-refractivity contribution in [3.63, 3.8) is 0 Å². The molecule has 56 heavy (non-hydrogen) atoms. The molecule has 8 aromatic rings. The fourth-order valence-corrected chi connectivity index (χ4v) is 12.3. The minimum Gasteiger partial charge on any atom is -0.500 e. The topological polar surface area (TPSA) is 38.9 Å². The predicted octanol–water partition coefficient (Wildman–Crippen LogP) is 13.0. The molecular weight excluding hydrogens is 921 g/mol. The Morgan fingerprint density at radius 1 is 0.732 bits per heavy atom. The van der Waals surface area contributed by atoms with E-state index in [1.807, 2.05) is 18.3 Å². The number of benzene rings is 5. The second-order valence-corrected chi connectivity index (χ2v) is 27.1. The maximum Gasteiger partial charge on any atom is 0.0919 e. The molecule has 3 heterocycles. The number of rotatable bonds is 6. The minimum atomic E-state index is -1.87. The first kappa shape index (κ1) is 38.5. The molecule has 0 amide bonds. The molecule has 5 aromatic carbocycles. The molecule has 1 fully saturated rings. The smallest absolute Gasteiger partial charge is 0.0919 e. The summed E-state index contributed by atoms with van der Waals surface area (Å²) in [5.74, 6) is 8.31. The molecule has 3 aromatic heterocycles. The molecule has 1 saturated carbocycles. The molecule has 0 unspecified atom stereocenters. The fraction of sp³-hybridized carbons (Fsp3) is 0.255. The third kappa shape index (κ3) is 7.94. The molecule has 2 aliphatic carbocycles. The van der Waals surface area contributed by atoms with E-state index < -0.39 is 13.3 Å². The number of hydrogen-bond acceptors (Lipinski definition) is 3. The summed E-state index contributed by atoms with van der Waals surface area (Å²) in [7, 11) is 0. The number of pyridine rings is 2. The van der Waals surface area contributed by atoms with Gasteiger partial charge in [0.05, 0.1) is 11.2 Å². The number of fused-ring (bicyclic) bond motifs is 5. The summed E-state index contributed by atoms with van der Waals surface area (Å²) < 4.78 is 7.87. The van der Waals surface area contributed by atoms with E-state index in [2.05, 4.69) is 133 Å². The van der Waals surface area contributed by atoms with E-state index in [1.54, 1.807) is 9.96 Å². The van der Waals surface area contributed by atoms with Crippen molar-refractivity contribution < 1.29 is 24.5 Å². The molecule has 10 rings (SSSR count). The molecule has 0 bridgehead atoms. The fourth-order valence-electron chi connectivity index (χ4n) is 8.94. The maximum atomic E-state index is 6.28. The van der Waals surface area contributed by atoms with E-state index in [0.717, 1.165) is 68.8 Å². The van der Waals surface area contributed by atoms with Crippen LogP contribution < -0.4 is 4.40 Å². The Morgan fingerprint density at radius 2 is 1.55 bits per heavy atom. The summed E-state index contributed by atoms with van der Waals surface area (Å²) in [6.45, 7) is 0. The molecule has 0 N–H and O–H groups in total. The van der Waals surface area contributed by atoms with Crippen LogP contribution in [0.25, 0.3) is 66.4 Å². The number of aromatic nitrogens is 2. The third-order valence-corrected chi connectivity index (χ3v) is 16.1. The number of hydrogen-bond donors (Lipinski definition) is 0. The maximum absolute atomic E-state index is 6.28. The van der Waals surface area contributed by atoms with Gasteiger partial charge in [-0.05, 0) is 70.7 Å².